The zero-order chi connectivity index (χ0) is 11.1. The number of benzene rings is 1. The SMILES string of the molecule is CCC[C@@H](CC(C)c1ccccc1)OC. The van der Waals surface area contributed by atoms with Gasteiger partial charge in [-0.2, -0.15) is 0 Å². The minimum absolute atomic E-state index is 0.408. The fourth-order valence-electron chi connectivity index (χ4n) is 1.97. The highest BCUT2D eigenvalue weighted by atomic mass is 16.5. The standard InChI is InChI=1S/C14H22O/c1-4-8-14(15-3)11-12(2)13-9-6-5-7-10-13/h5-7,9-10,12,14H,4,8,11H2,1-3H3/t12?,14-/m0/s1. The molecule has 0 N–H and O–H groups in total. The van der Waals surface area contributed by atoms with Crippen LogP contribution in [0.4, 0.5) is 0 Å². The third-order valence-electron chi connectivity index (χ3n) is 2.93. The van der Waals surface area contributed by atoms with Crippen LogP contribution in [0.2, 0.25) is 0 Å². The van der Waals surface area contributed by atoms with E-state index < -0.39 is 0 Å². The average molecular weight is 206 g/mol. The molecule has 0 fully saturated rings. The van der Waals surface area contributed by atoms with Crippen LogP contribution in [0.5, 0.6) is 0 Å². The van der Waals surface area contributed by atoms with Crippen molar-refractivity contribution in [1.82, 2.24) is 0 Å². The summed E-state index contributed by atoms with van der Waals surface area (Å²) in [5.74, 6) is 0.586. The maximum Gasteiger partial charge on any atom is 0.0577 e. The highest BCUT2D eigenvalue weighted by molar-refractivity contribution is 5.18. The van der Waals surface area contributed by atoms with Crippen molar-refractivity contribution in [3.8, 4) is 0 Å². The van der Waals surface area contributed by atoms with E-state index in [2.05, 4.69) is 44.2 Å². The maximum absolute atomic E-state index is 5.48. The van der Waals surface area contributed by atoms with Crippen molar-refractivity contribution >= 4 is 0 Å². The monoisotopic (exact) mass is 206 g/mol. The van der Waals surface area contributed by atoms with Crippen LogP contribution in [0, 0.1) is 0 Å². The zero-order valence-electron chi connectivity index (χ0n) is 10.1. The van der Waals surface area contributed by atoms with Gasteiger partial charge in [-0.15, -0.1) is 0 Å². The van der Waals surface area contributed by atoms with Gasteiger partial charge >= 0.3 is 0 Å². The van der Waals surface area contributed by atoms with Gasteiger partial charge < -0.3 is 4.74 Å². The summed E-state index contributed by atoms with van der Waals surface area (Å²) in [6.45, 7) is 4.48. The van der Waals surface area contributed by atoms with Crippen molar-refractivity contribution in [3.63, 3.8) is 0 Å². The molecule has 2 atom stereocenters. The predicted molar refractivity (Wildman–Crippen MR) is 65.2 cm³/mol. The lowest BCUT2D eigenvalue weighted by Crippen LogP contribution is -2.13. The second kappa shape index (κ2) is 6.62. The Morgan fingerprint density at radius 1 is 1.20 bits per heavy atom. The van der Waals surface area contributed by atoms with Gasteiger partial charge in [0.15, 0.2) is 0 Å². The molecule has 1 rings (SSSR count). The van der Waals surface area contributed by atoms with E-state index in [1.807, 2.05) is 7.11 Å². The van der Waals surface area contributed by atoms with Crippen molar-refractivity contribution in [2.75, 3.05) is 7.11 Å². The lowest BCUT2D eigenvalue weighted by atomic mass is 9.93. The second-order valence-electron chi connectivity index (χ2n) is 4.19. The molecule has 0 radical (unpaired) electrons. The molecule has 15 heavy (non-hydrogen) atoms. The van der Waals surface area contributed by atoms with E-state index in [9.17, 15) is 0 Å². The van der Waals surface area contributed by atoms with Gasteiger partial charge in [0, 0.05) is 7.11 Å². The van der Waals surface area contributed by atoms with Gasteiger partial charge in [-0.1, -0.05) is 50.6 Å². The van der Waals surface area contributed by atoms with Gasteiger partial charge in [-0.05, 0) is 24.3 Å². The Morgan fingerprint density at radius 3 is 2.40 bits per heavy atom. The number of ether oxygens (including phenoxy) is 1. The fourth-order valence-corrected chi connectivity index (χ4v) is 1.97. The van der Waals surface area contributed by atoms with Crippen molar-refractivity contribution in [2.24, 2.45) is 0 Å². The van der Waals surface area contributed by atoms with E-state index in [1.165, 1.54) is 12.0 Å². The predicted octanol–water partition coefficient (Wildman–Crippen LogP) is 4.00. The van der Waals surface area contributed by atoms with Gasteiger partial charge in [0.1, 0.15) is 0 Å². The van der Waals surface area contributed by atoms with E-state index in [1.54, 1.807) is 0 Å². The average Bonchev–Trinajstić information content (AvgIpc) is 2.29. The molecule has 0 saturated heterocycles. The summed E-state index contributed by atoms with van der Waals surface area (Å²) >= 11 is 0. The van der Waals surface area contributed by atoms with Gasteiger partial charge in [0.25, 0.3) is 0 Å². The first-order valence-electron chi connectivity index (χ1n) is 5.85. The van der Waals surface area contributed by atoms with Crippen LogP contribution < -0.4 is 0 Å². The first-order chi connectivity index (χ1) is 7.27. The molecule has 0 heterocycles. The molecule has 0 saturated carbocycles. The first-order valence-corrected chi connectivity index (χ1v) is 5.85. The summed E-state index contributed by atoms with van der Waals surface area (Å²) in [5.41, 5.74) is 1.41. The number of rotatable bonds is 6. The summed E-state index contributed by atoms with van der Waals surface area (Å²) in [7, 11) is 1.82. The van der Waals surface area contributed by atoms with Gasteiger partial charge in [0.2, 0.25) is 0 Å². The number of methoxy groups -OCH3 is 1. The third-order valence-corrected chi connectivity index (χ3v) is 2.93. The fraction of sp³-hybridized carbons (Fsp3) is 0.571. The lowest BCUT2D eigenvalue weighted by molar-refractivity contribution is 0.0824. The minimum atomic E-state index is 0.408. The second-order valence-corrected chi connectivity index (χ2v) is 4.19. The highest BCUT2D eigenvalue weighted by Gasteiger charge is 2.12. The maximum atomic E-state index is 5.48. The number of hydrogen-bond acceptors (Lipinski definition) is 1. The quantitative estimate of drug-likeness (QED) is 0.683. The third kappa shape index (κ3) is 4.05. The summed E-state index contributed by atoms with van der Waals surface area (Å²) in [4.78, 5) is 0. The minimum Gasteiger partial charge on any atom is -0.381 e. The molecule has 1 aromatic carbocycles. The lowest BCUT2D eigenvalue weighted by Gasteiger charge is -2.19. The molecule has 84 valence electrons. The highest BCUT2D eigenvalue weighted by Crippen LogP contribution is 2.22. The van der Waals surface area contributed by atoms with Crippen molar-refractivity contribution < 1.29 is 4.74 Å². The summed E-state index contributed by atoms with van der Waals surface area (Å²) in [6.07, 6.45) is 3.88. The summed E-state index contributed by atoms with van der Waals surface area (Å²) in [5, 5.41) is 0. The summed E-state index contributed by atoms with van der Waals surface area (Å²) < 4.78 is 5.48. The molecule has 0 aliphatic rings. The molecule has 1 aromatic rings. The molecule has 0 aromatic heterocycles. The Kier molecular flexibility index (Phi) is 5.41. The Bertz CT molecular complexity index is 255. The molecular formula is C14H22O. The molecular weight excluding hydrogens is 184 g/mol. The molecule has 0 amide bonds. The van der Waals surface area contributed by atoms with Crippen molar-refractivity contribution in [2.45, 2.75) is 45.1 Å². The molecule has 1 nitrogen and oxygen atoms in total. The van der Waals surface area contributed by atoms with E-state index >= 15 is 0 Å². The molecule has 0 aliphatic carbocycles. The Morgan fingerprint density at radius 2 is 1.87 bits per heavy atom. The van der Waals surface area contributed by atoms with Gasteiger partial charge in [0.05, 0.1) is 6.10 Å². The zero-order valence-corrected chi connectivity index (χ0v) is 10.1. The molecule has 0 spiro atoms. The van der Waals surface area contributed by atoms with E-state index in [-0.39, 0.29) is 0 Å². The van der Waals surface area contributed by atoms with Crippen LogP contribution in [0.3, 0.4) is 0 Å². The molecule has 1 unspecified atom stereocenters. The van der Waals surface area contributed by atoms with Gasteiger partial charge in [-0.25, -0.2) is 0 Å². The molecule has 1 heteroatoms. The van der Waals surface area contributed by atoms with E-state index in [0.29, 0.717) is 12.0 Å². The Balaban J connectivity index is 2.50. The smallest absolute Gasteiger partial charge is 0.0577 e. The van der Waals surface area contributed by atoms with Crippen LogP contribution in [0.25, 0.3) is 0 Å². The normalized spacial score (nSPS) is 14.9. The Labute approximate surface area is 93.5 Å². The van der Waals surface area contributed by atoms with Gasteiger partial charge in [-0.3, -0.25) is 0 Å². The van der Waals surface area contributed by atoms with Crippen molar-refractivity contribution in [3.05, 3.63) is 35.9 Å². The van der Waals surface area contributed by atoms with Crippen LogP contribution in [-0.2, 0) is 4.74 Å². The topological polar surface area (TPSA) is 9.23 Å². The number of hydrogen-bond donors (Lipinski definition) is 0. The Hall–Kier alpha value is -0.820. The van der Waals surface area contributed by atoms with E-state index in [0.717, 1.165) is 12.8 Å². The first kappa shape index (κ1) is 12.3. The van der Waals surface area contributed by atoms with Crippen LogP contribution in [0.15, 0.2) is 30.3 Å². The van der Waals surface area contributed by atoms with E-state index in [4.69, 9.17) is 4.74 Å². The largest absolute Gasteiger partial charge is 0.381 e. The van der Waals surface area contributed by atoms with Crippen LogP contribution >= 0.6 is 0 Å². The van der Waals surface area contributed by atoms with Crippen molar-refractivity contribution in [1.29, 1.82) is 0 Å². The van der Waals surface area contributed by atoms with Crippen LogP contribution in [-0.4, -0.2) is 13.2 Å². The molecule has 0 bridgehead atoms. The van der Waals surface area contributed by atoms with Crippen LogP contribution in [0.1, 0.15) is 44.6 Å². The summed E-state index contributed by atoms with van der Waals surface area (Å²) in [6, 6.07) is 10.7. The molecule has 0 aliphatic heterocycles.